The average Bonchev–Trinajstić information content (AvgIpc) is 2.68. The second-order valence-electron chi connectivity index (χ2n) is 4.62. The van der Waals surface area contributed by atoms with Gasteiger partial charge in [0.25, 0.3) is 0 Å². The van der Waals surface area contributed by atoms with Crippen molar-refractivity contribution >= 4 is 11.4 Å². The van der Waals surface area contributed by atoms with Crippen LogP contribution in [0.2, 0.25) is 0 Å². The molecule has 16 heavy (non-hydrogen) atoms. The Morgan fingerprint density at radius 2 is 2.25 bits per heavy atom. The number of benzene rings is 1. The van der Waals surface area contributed by atoms with Crippen LogP contribution in [-0.2, 0) is 4.74 Å². The standard InChI is InChI=1S/C13H20N2O/c1-10-6-11(14)8-12(7-10)15(2)9-13-4-3-5-16-13/h6-8,13H,3-5,9,14H2,1-2H3. The lowest BCUT2D eigenvalue weighted by atomic mass is 10.1. The molecule has 1 aliphatic heterocycles. The van der Waals surface area contributed by atoms with Crippen molar-refractivity contribution in [3.8, 4) is 0 Å². The largest absolute Gasteiger partial charge is 0.399 e. The molecular formula is C13H20N2O. The number of anilines is 2. The highest BCUT2D eigenvalue weighted by molar-refractivity contribution is 5.58. The first-order chi connectivity index (χ1) is 7.65. The Morgan fingerprint density at radius 1 is 1.44 bits per heavy atom. The van der Waals surface area contributed by atoms with Gasteiger partial charge in [-0.25, -0.2) is 0 Å². The minimum Gasteiger partial charge on any atom is -0.399 e. The molecule has 1 heterocycles. The van der Waals surface area contributed by atoms with Crippen LogP contribution < -0.4 is 10.6 Å². The van der Waals surface area contributed by atoms with E-state index in [1.165, 1.54) is 24.1 Å². The fraction of sp³-hybridized carbons (Fsp3) is 0.538. The molecule has 0 radical (unpaired) electrons. The number of nitrogens with two attached hydrogens (primary N) is 1. The third kappa shape index (κ3) is 2.67. The Balaban J connectivity index is 2.04. The molecule has 0 aromatic heterocycles. The van der Waals surface area contributed by atoms with Gasteiger partial charge in [-0.05, 0) is 43.5 Å². The zero-order valence-electron chi connectivity index (χ0n) is 10.1. The summed E-state index contributed by atoms with van der Waals surface area (Å²) in [5, 5.41) is 0. The topological polar surface area (TPSA) is 38.5 Å². The van der Waals surface area contributed by atoms with Crippen LogP contribution in [0.5, 0.6) is 0 Å². The molecule has 3 heteroatoms. The number of ether oxygens (including phenoxy) is 1. The molecule has 0 bridgehead atoms. The number of aryl methyl sites for hydroxylation is 1. The molecule has 1 fully saturated rings. The summed E-state index contributed by atoms with van der Waals surface area (Å²) in [5.74, 6) is 0. The Bertz CT molecular complexity index is 339. The van der Waals surface area contributed by atoms with Crippen molar-refractivity contribution in [2.45, 2.75) is 25.9 Å². The third-order valence-corrected chi connectivity index (χ3v) is 3.03. The monoisotopic (exact) mass is 220 g/mol. The lowest BCUT2D eigenvalue weighted by Crippen LogP contribution is -2.28. The van der Waals surface area contributed by atoms with E-state index in [9.17, 15) is 0 Å². The molecule has 88 valence electrons. The molecular weight excluding hydrogens is 200 g/mol. The fourth-order valence-corrected chi connectivity index (χ4v) is 2.21. The summed E-state index contributed by atoms with van der Waals surface area (Å²) in [5.41, 5.74) is 9.05. The fourth-order valence-electron chi connectivity index (χ4n) is 2.21. The van der Waals surface area contributed by atoms with Gasteiger partial charge in [0.05, 0.1) is 6.10 Å². The summed E-state index contributed by atoms with van der Waals surface area (Å²) in [4.78, 5) is 2.22. The van der Waals surface area contributed by atoms with Crippen LogP contribution in [0.15, 0.2) is 18.2 Å². The van der Waals surface area contributed by atoms with Gasteiger partial charge >= 0.3 is 0 Å². The number of hydrogen-bond donors (Lipinski definition) is 1. The summed E-state index contributed by atoms with van der Waals surface area (Å²) in [6, 6.07) is 6.16. The maximum atomic E-state index is 5.85. The van der Waals surface area contributed by atoms with E-state index in [-0.39, 0.29) is 0 Å². The zero-order chi connectivity index (χ0) is 11.5. The van der Waals surface area contributed by atoms with E-state index in [1.807, 2.05) is 12.1 Å². The van der Waals surface area contributed by atoms with Gasteiger partial charge in [-0.15, -0.1) is 0 Å². The van der Waals surface area contributed by atoms with Crippen molar-refractivity contribution < 1.29 is 4.74 Å². The number of rotatable bonds is 3. The van der Waals surface area contributed by atoms with Gasteiger partial charge in [0, 0.05) is 31.6 Å². The number of likely N-dealkylation sites (N-methyl/N-ethyl adjacent to an activating group) is 1. The van der Waals surface area contributed by atoms with E-state index in [4.69, 9.17) is 10.5 Å². The van der Waals surface area contributed by atoms with Gasteiger partial charge in [-0.2, -0.15) is 0 Å². The number of nitrogens with zero attached hydrogens (tertiary/aromatic N) is 1. The Labute approximate surface area is 97.2 Å². The molecule has 1 aliphatic rings. The van der Waals surface area contributed by atoms with Gasteiger partial charge in [-0.3, -0.25) is 0 Å². The lowest BCUT2D eigenvalue weighted by Gasteiger charge is -2.23. The molecule has 3 nitrogen and oxygen atoms in total. The van der Waals surface area contributed by atoms with E-state index in [0.717, 1.165) is 18.8 Å². The molecule has 1 aromatic rings. The van der Waals surface area contributed by atoms with Crippen molar-refractivity contribution in [1.82, 2.24) is 0 Å². The van der Waals surface area contributed by atoms with Crippen molar-refractivity contribution in [2.24, 2.45) is 0 Å². The van der Waals surface area contributed by atoms with Crippen LogP contribution in [0.25, 0.3) is 0 Å². The first kappa shape index (κ1) is 11.3. The molecule has 2 rings (SSSR count). The van der Waals surface area contributed by atoms with Crippen LogP contribution in [0.1, 0.15) is 18.4 Å². The second-order valence-corrected chi connectivity index (χ2v) is 4.62. The molecule has 2 N–H and O–H groups in total. The smallest absolute Gasteiger partial charge is 0.0750 e. The maximum absolute atomic E-state index is 5.85. The van der Waals surface area contributed by atoms with Crippen LogP contribution in [0.4, 0.5) is 11.4 Å². The highest BCUT2D eigenvalue weighted by Gasteiger charge is 2.17. The van der Waals surface area contributed by atoms with Crippen molar-refractivity contribution in [3.63, 3.8) is 0 Å². The summed E-state index contributed by atoms with van der Waals surface area (Å²) < 4.78 is 5.63. The second kappa shape index (κ2) is 4.74. The van der Waals surface area contributed by atoms with Gasteiger partial charge in [0.1, 0.15) is 0 Å². The predicted molar refractivity (Wildman–Crippen MR) is 67.8 cm³/mol. The Kier molecular flexibility index (Phi) is 3.34. The Hall–Kier alpha value is -1.22. The van der Waals surface area contributed by atoms with E-state index >= 15 is 0 Å². The SMILES string of the molecule is Cc1cc(N)cc(N(C)CC2CCCO2)c1. The molecule has 0 spiro atoms. The number of hydrogen-bond acceptors (Lipinski definition) is 3. The summed E-state index contributed by atoms with van der Waals surface area (Å²) in [7, 11) is 2.09. The lowest BCUT2D eigenvalue weighted by molar-refractivity contribution is 0.116. The molecule has 1 saturated heterocycles. The minimum absolute atomic E-state index is 0.381. The van der Waals surface area contributed by atoms with Crippen LogP contribution in [0, 0.1) is 6.92 Å². The van der Waals surface area contributed by atoms with E-state index < -0.39 is 0 Å². The van der Waals surface area contributed by atoms with Gasteiger partial charge in [-0.1, -0.05) is 0 Å². The van der Waals surface area contributed by atoms with Crippen molar-refractivity contribution in [3.05, 3.63) is 23.8 Å². The predicted octanol–water partition coefficient (Wildman–Crippen LogP) is 2.19. The molecule has 0 aliphatic carbocycles. The first-order valence-electron chi connectivity index (χ1n) is 5.85. The minimum atomic E-state index is 0.381. The number of nitrogen functional groups attached to an aromatic ring is 1. The van der Waals surface area contributed by atoms with Crippen molar-refractivity contribution in [2.75, 3.05) is 30.8 Å². The van der Waals surface area contributed by atoms with Crippen LogP contribution in [-0.4, -0.2) is 26.3 Å². The summed E-state index contributed by atoms with van der Waals surface area (Å²) >= 11 is 0. The Morgan fingerprint density at radius 3 is 2.88 bits per heavy atom. The van der Waals surface area contributed by atoms with Crippen LogP contribution in [0.3, 0.4) is 0 Å². The maximum Gasteiger partial charge on any atom is 0.0750 e. The summed E-state index contributed by atoms with van der Waals surface area (Å²) in [6.45, 7) is 3.93. The van der Waals surface area contributed by atoms with Gasteiger partial charge in [0.2, 0.25) is 0 Å². The quantitative estimate of drug-likeness (QED) is 0.794. The molecule has 0 amide bonds. The van der Waals surface area contributed by atoms with Crippen LogP contribution >= 0.6 is 0 Å². The molecule has 1 aromatic carbocycles. The van der Waals surface area contributed by atoms with E-state index in [2.05, 4.69) is 24.9 Å². The van der Waals surface area contributed by atoms with Gasteiger partial charge < -0.3 is 15.4 Å². The highest BCUT2D eigenvalue weighted by Crippen LogP contribution is 2.21. The van der Waals surface area contributed by atoms with Gasteiger partial charge in [0.15, 0.2) is 0 Å². The van der Waals surface area contributed by atoms with E-state index in [0.29, 0.717) is 6.10 Å². The average molecular weight is 220 g/mol. The third-order valence-electron chi connectivity index (χ3n) is 3.03. The highest BCUT2D eigenvalue weighted by atomic mass is 16.5. The first-order valence-corrected chi connectivity index (χ1v) is 5.85. The van der Waals surface area contributed by atoms with E-state index in [1.54, 1.807) is 0 Å². The molecule has 1 unspecified atom stereocenters. The molecule has 0 saturated carbocycles. The van der Waals surface area contributed by atoms with Crippen molar-refractivity contribution in [1.29, 1.82) is 0 Å². The molecule has 1 atom stereocenters. The summed E-state index contributed by atoms with van der Waals surface area (Å²) in [6.07, 6.45) is 2.74. The zero-order valence-corrected chi connectivity index (χ0v) is 10.1. The normalized spacial score (nSPS) is 20.0.